The van der Waals surface area contributed by atoms with E-state index in [4.69, 9.17) is 5.84 Å². The summed E-state index contributed by atoms with van der Waals surface area (Å²) in [6.07, 6.45) is 1.52. The van der Waals surface area contributed by atoms with Crippen molar-refractivity contribution in [3.63, 3.8) is 0 Å². The molecule has 1 atom stereocenters. The van der Waals surface area contributed by atoms with Gasteiger partial charge >= 0.3 is 0 Å². The van der Waals surface area contributed by atoms with Crippen molar-refractivity contribution in [1.29, 1.82) is 0 Å². The Morgan fingerprint density at radius 3 is 2.88 bits per heavy atom. The molecule has 4 heteroatoms. The summed E-state index contributed by atoms with van der Waals surface area (Å²) in [6.45, 7) is 4.01. The molecule has 0 aliphatic carbocycles. The number of hydrogen-bond acceptors (Lipinski definition) is 3. The Labute approximate surface area is 102 Å². The van der Waals surface area contributed by atoms with Gasteiger partial charge in [-0.15, -0.1) is 0 Å². The average molecular weight is 233 g/mol. The van der Waals surface area contributed by atoms with E-state index < -0.39 is 0 Å². The molecule has 2 rings (SSSR count). The quantitative estimate of drug-likeness (QED) is 0.461. The Morgan fingerprint density at radius 1 is 1.47 bits per heavy atom. The van der Waals surface area contributed by atoms with Crippen LogP contribution < -0.4 is 11.3 Å². The molecule has 1 aromatic rings. The van der Waals surface area contributed by atoms with Crippen LogP contribution in [0.2, 0.25) is 0 Å². The van der Waals surface area contributed by atoms with Gasteiger partial charge in [0.15, 0.2) is 0 Å². The van der Waals surface area contributed by atoms with E-state index in [0.717, 1.165) is 19.5 Å². The van der Waals surface area contributed by atoms with Gasteiger partial charge in [0.05, 0.1) is 0 Å². The van der Waals surface area contributed by atoms with Crippen LogP contribution in [-0.4, -0.2) is 23.4 Å². The van der Waals surface area contributed by atoms with E-state index in [0.29, 0.717) is 6.42 Å². The number of carbonyl (C=O) groups is 1. The number of fused-ring (bicyclic) bond motifs is 1. The van der Waals surface area contributed by atoms with E-state index in [-0.39, 0.29) is 11.9 Å². The zero-order valence-corrected chi connectivity index (χ0v) is 10.1. The van der Waals surface area contributed by atoms with Crippen molar-refractivity contribution in [3.8, 4) is 0 Å². The van der Waals surface area contributed by atoms with Crippen LogP contribution in [0.25, 0.3) is 0 Å². The summed E-state index contributed by atoms with van der Waals surface area (Å²) >= 11 is 0. The summed E-state index contributed by atoms with van der Waals surface area (Å²) in [7, 11) is 0. The molecule has 1 aromatic carbocycles. The van der Waals surface area contributed by atoms with Crippen LogP contribution in [0.15, 0.2) is 24.3 Å². The molecule has 0 fully saturated rings. The van der Waals surface area contributed by atoms with E-state index in [1.807, 2.05) is 0 Å². The lowest BCUT2D eigenvalue weighted by Gasteiger charge is -2.33. The molecule has 1 unspecified atom stereocenters. The highest BCUT2D eigenvalue weighted by Crippen LogP contribution is 2.20. The van der Waals surface area contributed by atoms with Crippen molar-refractivity contribution in [2.24, 2.45) is 5.84 Å². The predicted molar refractivity (Wildman–Crippen MR) is 67.0 cm³/mol. The Kier molecular flexibility index (Phi) is 3.76. The largest absolute Gasteiger partial charge is 0.296 e. The number of hydrazine groups is 1. The molecule has 92 valence electrons. The molecule has 1 aliphatic rings. The van der Waals surface area contributed by atoms with Gasteiger partial charge in [0, 0.05) is 25.6 Å². The third-order valence-electron chi connectivity index (χ3n) is 3.43. The molecule has 1 heterocycles. The molecule has 0 bridgehead atoms. The molecule has 1 aliphatic heterocycles. The molecule has 0 aromatic heterocycles. The third-order valence-corrected chi connectivity index (χ3v) is 3.43. The second-order valence-corrected chi connectivity index (χ2v) is 4.61. The first-order valence-corrected chi connectivity index (χ1v) is 6.01. The SMILES string of the molecule is CC(CC(=O)NN)N1CCc2ccccc2C1. The Balaban J connectivity index is 2.00. The first kappa shape index (κ1) is 12.1. The van der Waals surface area contributed by atoms with Crippen LogP contribution in [0.4, 0.5) is 0 Å². The Morgan fingerprint density at radius 2 is 2.18 bits per heavy atom. The van der Waals surface area contributed by atoms with Crippen LogP contribution in [0, 0.1) is 0 Å². The number of amides is 1. The van der Waals surface area contributed by atoms with E-state index in [1.165, 1.54) is 11.1 Å². The van der Waals surface area contributed by atoms with Gasteiger partial charge in [-0.1, -0.05) is 24.3 Å². The van der Waals surface area contributed by atoms with Crippen molar-refractivity contribution >= 4 is 5.91 Å². The smallest absolute Gasteiger partial charge is 0.235 e. The average Bonchev–Trinajstić information content (AvgIpc) is 2.38. The van der Waals surface area contributed by atoms with Gasteiger partial charge in [-0.2, -0.15) is 0 Å². The minimum Gasteiger partial charge on any atom is -0.296 e. The van der Waals surface area contributed by atoms with Crippen LogP contribution >= 0.6 is 0 Å². The summed E-state index contributed by atoms with van der Waals surface area (Å²) < 4.78 is 0. The third kappa shape index (κ3) is 2.84. The summed E-state index contributed by atoms with van der Waals surface area (Å²) in [5.74, 6) is 5.01. The van der Waals surface area contributed by atoms with Crippen molar-refractivity contribution in [1.82, 2.24) is 10.3 Å². The van der Waals surface area contributed by atoms with Gasteiger partial charge in [0.25, 0.3) is 0 Å². The predicted octanol–water partition coefficient (Wildman–Crippen LogP) is 0.813. The fourth-order valence-corrected chi connectivity index (χ4v) is 2.35. The van der Waals surface area contributed by atoms with Crippen molar-refractivity contribution in [2.75, 3.05) is 6.54 Å². The number of benzene rings is 1. The maximum Gasteiger partial charge on any atom is 0.235 e. The van der Waals surface area contributed by atoms with Crippen LogP contribution in [-0.2, 0) is 17.8 Å². The van der Waals surface area contributed by atoms with E-state index in [1.54, 1.807) is 0 Å². The number of nitrogens with two attached hydrogens (primary N) is 1. The standard InChI is InChI=1S/C13H19N3O/c1-10(8-13(17)15-14)16-7-6-11-4-2-3-5-12(11)9-16/h2-5,10H,6-9,14H2,1H3,(H,15,17). The summed E-state index contributed by atoms with van der Waals surface area (Å²) in [4.78, 5) is 13.6. The number of nitrogens with one attached hydrogen (secondary N) is 1. The molecule has 0 saturated heterocycles. The highest BCUT2D eigenvalue weighted by atomic mass is 16.2. The lowest BCUT2D eigenvalue weighted by Crippen LogP contribution is -2.41. The second-order valence-electron chi connectivity index (χ2n) is 4.61. The molecule has 17 heavy (non-hydrogen) atoms. The van der Waals surface area contributed by atoms with Gasteiger partial charge in [-0.25, -0.2) is 5.84 Å². The number of carbonyl (C=O) groups excluding carboxylic acids is 1. The van der Waals surface area contributed by atoms with Gasteiger partial charge in [0.1, 0.15) is 0 Å². The molecule has 0 saturated carbocycles. The van der Waals surface area contributed by atoms with Gasteiger partial charge < -0.3 is 0 Å². The van der Waals surface area contributed by atoms with Crippen LogP contribution in [0.1, 0.15) is 24.5 Å². The summed E-state index contributed by atoms with van der Waals surface area (Å²) in [6, 6.07) is 8.73. The molecule has 3 N–H and O–H groups in total. The fraction of sp³-hybridized carbons (Fsp3) is 0.462. The maximum absolute atomic E-state index is 11.2. The maximum atomic E-state index is 11.2. The highest BCUT2D eigenvalue weighted by Gasteiger charge is 2.21. The minimum atomic E-state index is -0.101. The molecule has 4 nitrogen and oxygen atoms in total. The monoisotopic (exact) mass is 233 g/mol. The van der Waals surface area contributed by atoms with E-state index in [2.05, 4.69) is 41.5 Å². The first-order chi connectivity index (χ1) is 8.20. The van der Waals surface area contributed by atoms with Crippen molar-refractivity contribution < 1.29 is 4.79 Å². The number of nitrogens with zero attached hydrogens (tertiary/aromatic N) is 1. The molecular weight excluding hydrogens is 214 g/mol. The van der Waals surface area contributed by atoms with Crippen LogP contribution in [0.5, 0.6) is 0 Å². The lowest BCUT2D eigenvalue weighted by atomic mass is 9.98. The molecule has 0 radical (unpaired) electrons. The summed E-state index contributed by atoms with van der Waals surface area (Å²) in [5, 5.41) is 0. The topological polar surface area (TPSA) is 58.4 Å². The molecule has 0 spiro atoms. The minimum absolute atomic E-state index is 0.101. The van der Waals surface area contributed by atoms with Crippen molar-refractivity contribution in [3.05, 3.63) is 35.4 Å². The Hall–Kier alpha value is -1.39. The zero-order valence-electron chi connectivity index (χ0n) is 10.1. The number of rotatable bonds is 3. The highest BCUT2D eigenvalue weighted by molar-refractivity contribution is 5.75. The first-order valence-electron chi connectivity index (χ1n) is 6.01. The zero-order chi connectivity index (χ0) is 12.3. The normalized spacial score (nSPS) is 17.3. The number of hydrogen-bond donors (Lipinski definition) is 2. The van der Waals surface area contributed by atoms with Crippen LogP contribution in [0.3, 0.4) is 0 Å². The Bertz CT molecular complexity index is 405. The molecule has 1 amide bonds. The van der Waals surface area contributed by atoms with Gasteiger partial charge in [0.2, 0.25) is 5.91 Å². The fourth-order valence-electron chi connectivity index (χ4n) is 2.35. The molecular formula is C13H19N3O. The van der Waals surface area contributed by atoms with E-state index in [9.17, 15) is 4.79 Å². The van der Waals surface area contributed by atoms with Gasteiger partial charge in [-0.3, -0.25) is 15.1 Å². The van der Waals surface area contributed by atoms with Gasteiger partial charge in [-0.05, 0) is 24.5 Å². The van der Waals surface area contributed by atoms with Crippen molar-refractivity contribution in [2.45, 2.75) is 32.4 Å². The second kappa shape index (κ2) is 5.29. The van der Waals surface area contributed by atoms with E-state index >= 15 is 0 Å². The lowest BCUT2D eigenvalue weighted by molar-refractivity contribution is -0.122. The summed E-state index contributed by atoms with van der Waals surface area (Å²) in [5.41, 5.74) is 4.99.